The maximum atomic E-state index is 12.9. The Hall–Kier alpha value is -2.51. The molecule has 2 heterocycles. The molecule has 0 bridgehead atoms. The third-order valence-electron chi connectivity index (χ3n) is 2.93. The number of alkyl halides is 2. The van der Waals surface area contributed by atoms with Crippen LogP contribution in [0.2, 0.25) is 0 Å². The summed E-state index contributed by atoms with van der Waals surface area (Å²) >= 11 is 0. The molecule has 1 aliphatic rings. The molecule has 0 spiro atoms. The van der Waals surface area contributed by atoms with Gasteiger partial charge < -0.3 is 20.5 Å². The van der Waals surface area contributed by atoms with E-state index in [-0.39, 0.29) is 11.5 Å². The monoisotopic (exact) mass is 282 g/mol. The van der Waals surface area contributed by atoms with Gasteiger partial charge in [-0.15, -0.1) is 8.78 Å². The van der Waals surface area contributed by atoms with E-state index in [1.54, 1.807) is 24.7 Å². The number of aromatic nitrogens is 2. The summed E-state index contributed by atoms with van der Waals surface area (Å²) in [5.74, 6) is 0.542. The highest BCUT2D eigenvalue weighted by Gasteiger charge is 2.43. The van der Waals surface area contributed by atoms with Crippen molar-refractivity contribution in [2.75, 3.05) is 11.1 Å². The Morgan fingerprint density at radius 3 is 2.65 bits per heavy atom. The Morgan fingerprint density at radius 2 is 2.00 bits per heavy atom. The van der Waals surface area contributed by atoms with Crippen molar-refractivity contribution >= 4 is 17.2 Å². The fourth-order valence-electron chi connectivity index (χ4n) is 1.99. The molecule has 0 fully saturated rings. The number of hydrogen-bond acceptors (Lipinski definition) is 5. The number of nitrogen functional groups attached to an aromatic ring is 1. The molecule has 0 radical (unpaired) electrons. The highest BCUT2D eigenvalue weighted by atomic mass is 19.3. The van der Waals surface area contributed by atoms with Gasteiger partial charge in [0.1, 0.15) is 0 Å². The van der Waals surface area contributed by atoms with E-state index in [2.05, 4.69) is 19.9 Å². The summed E-state index contributed by atoms with van der Waals surface area (Å²) in [6, 6.07) is 4.40. The number of anilines is 3. The number of hydrogen-bond donors (Lipinski definition) is 2. The molecule has 106 valence electrons. The Bertz CT molecular complexity index is 684. The summed E-state index contributed by atoms with van der Waals surface area (Å²) < 4.78 is 36.1. The predicted octanol–water partition coefficient (Wildman–Crippen LogP) is 2.38. The summed E-state index contributed by atoms with van der Waals surface area (Å²) in [5, 5.41) is 7.17. The van der Waals surface area contributed by atoms with E-state index in [4.69, 9.17) is 5.73 Å². The first-order valence-corrected chi connectivity index (χ1v) is 5.82. The zero-order valence-corrected chi connectivity index (χ0v) is 10.8. The topological polar surface area (TPSA) is 74.3 Å². The summed E-state index contributed by atoms with van der Waals surface area (Å²) in [6.07, 6.45) is -3.62. The average Bonchev–Trinajstić information content (AvgIpc) is 2.78. The molecule has 0 amide bonds. The Kier molecular flexibility index (Phi) is 2.50. The first-order valence-electron chi connectivity index (χ1n) is 5.82. The van der Waals surface area contributed by atoms with Gasteiger partial charge in [-0.2, -0.15) is 5.10 Å². The number of nitrogens with two attached hydrogens (primary N) is 1. The molecule has 3 N–H and O–H groups in total. The molecule has 2 aromatic rings. The summed E-state index contributed by atoms with van der Waals surface area (Å²) in [6.45, 7) is 1.78. The van der Waals surface area contributed by atoms with Crippen molar-refractivity contribution in [1.82, 2.24) is 9.78 Å². The smallest absolute Gasteiger partial charge is 0.395 e. The average molecular weight is 282 g/mol. The summed E-state index contributed by atoms with van der Waals surface area (Å²) in [7, 11) is 1.73. The quantitative estimate of drug-likeness (QED) is 0.884. The number of fused-ring (bicyclic) bond motifs is 1. The third-order valence-corrected chi connectivity index (χ3v) is 2.93. The number of nitrogens with one attached hydrogen (secondary N) is 1. The first-order chi connectivity index (χ1) is 9.35. The second kappa shape index (κ2) is 3.99. The third kappa shape index (κ3) is 1.98. The molecule has 0 saturated carbocycles. The van der Waals surface area contributed by atoms with Crippen molar-refractivity contribution in [2.45, 2.75) is 13.2 Å². The first kappa shape index (κ1) is 12.5. The fraction of sp³-hybridized carbons (Fsp3) is 0.250. The van der Waals surface area contributed by atoms with Crippen molar-refractivity contribution in [2.24, 2.45) is 7.05 Å². The van der Waals surface area contributed by atoms with Crippen LogP contribution in [0, 0.1) is 6.92 Å². The number of halogens is 2. The minimum absolute atomic E-state index is 0.00490. The molecule has 0 aliphatic carbocycles. The molecule has 0 atom stereocenters. The van der Waals surface area contributed by atoms with Crippen LogP contribution in [0.3, 0.4) is 0 Å². The maximum Gasteiger partial charge on any atom is 0.586 e. The second-order valence-electron chi connectivity index (χ2n) is 4.43. The maximum absolute atomic E-state index is 12.9. The van der Waals surface area contributed by atoms with E-state index >= 15 is 0 Å². The molecular weight excluding hydrogens is 270 g/mol. The molecule has 1 aromatic heterocycles. The lowest BCUT2D eigenvalue weighted by Gasteiger charge is -2.08. The van der Waals surface area contributed by atoms with Gasteiger partial charge in [0.05, 0.1) is 11.4 Å². The van der Waals surface area contributed by atoms with Crippen LogP contribution >= 0.6 is 0 Å². The van der Waals surface area contributed by atoms with Crippen LogP contribution in [0.5, 0.6) is 11.5 Å². The van der Waals surface area contributed by atoms with Crippen LogP contribution in [-0.4, -0.2) is 16.1 Å². The van der Waals surface area contributed by atoms with Gasteiger partial charge in [-0.25, -0.2) is 0 Å². The van der Waals surface area contributed by atoms with Gasteiger partial charge in [-0.1, -0.05) is 0 Å². The Balaban J connectivity index is 1.90. The van der Waals surface area contributed by atoms with Gasteiger partial charge in [0, 0.05) is 18.8 Å². The molecule has 8 heteroatoms. The Labute approximate surface area is 113 Å². The molecule has 0 saturated heterocycles. The van der Waals surface area contributed by atoms with E-state index in [1.165, 1.54) is 12.1 Å². The highest BCUT2D eigenvalue weighted by molar-refractivity contribution is 5.72. The number of aryl methyl sites for hydroxylation is 2. The second-order valence-corrected chi connectivity index (χ2v) is 4.43. The van der Waals surface area contributed by atoms with Crippen LogP contribution in [0.4, 0.5) is 26.0 Å². The van der Waals surface area contributed by atoms with Crippen LogP contribution < -0.4 is 20.5 Å². The number of benzene rings is 1. The van der Waals surface area contributed by atoms with Crippen LogP contribution in [0.15, 0.2) is 18.2 Å². The van der Waals surface area contributed by atoms with Gasteiger partial charge in [-0.3, -0.25) is 4.68 Å². The summed E-state index contributed by atoms with van der Waals surface area (Å²) in [5.41, 5.74) is 7.61. The molecule has 6 nitrogen and oxygen atoms in total. The predicted molar refractivity (Wildman–Crippen MR) is 68.3 cm³/mol. The van der Waals surface area contributed by atoms with Crippen LogP contribution in [0.25, 0.3) is 0 Å². The minimum atomic E-state index is -3.62. The number of rotatable bonds is 2. The molecule has 3 rings (SSSR count). The molecule has 1 aromatic carbocycles. The van der Waals surface area contributed by atoms with Gasteiger partial charge in [-0.05, 0) is 19.1 Å². The summed E-state index contributed by atoms with van der Waals surface area (Å²) in [4.78, 5) is 0. The van der Waals surface area contributed by atoms with Crippen molar-refractivity contribution in [3.8, 4) is 11.5 Å². The van der Waals surface area contributed by atoms with Crippen molar-refractivity contribution in [3.05, 3.63) is 23.9 Å². The fourth-order valence-corrected chi connectivity index (χ4v) is 1.99. The van der Waals surface area contributed by atoms with Gasteiger partial charge in [0.15, 0.2) is 17.3 Å². The van der Waals surface area contributed by atoms with Crippen molar-refractivity contribution in [1.29, 1.82) is 0 Å². The van der Waals surface area contributed by atoms with Crippen molar-refractivity contribution < 1.29 is 18.3 Å². The normalized spacial score (nSPS) is 15.4. The zero-order chi connectivity index (χ0) is 14.5. The van der Waals surface area contributed by atoms with E-state index in [0.717, 1.165) is 0 Å². The number of nitrogens with zero attached hydrogens (tertiary/aromatic N) is 2. The largest absolute Gasteiger partial charge is 0.586 e. The highest BCUT2D eigenvalue weighted by Crippen LogP contribution is 2.42. The Morgan fingerprint density at radius 1 is 1.30 bits per heavy atom. The molecular formula is C12H12F2N4O2. The standard InChI is InChI=1S/C12H12F2N4O2/c1-6-10(15)11(18(2)17-6)16-7-3-4-8-9(5-7)20-12(13,14)19-8/h3-5,16H,15H2,1-2H3. The lowest BCUT2D eigenvalue weighted by Crippen LogP contribution is -2.25. The van der Waals surface area contributed by atoms with Crippen molar-refractivity contribution in [3.63, 3.8) is 0 Å². The van der Waals surface area contributed by atoms with Gasteiger partial charge >= 0.3 is 6.29 Å². The van der Waals surface area contributed by atoms with Crippen LogP contribution in [-0.2, 0) is 7.05 Å². The van der Waals surface area contributed by atoms with Crippen LogP contribution in [0.1, 0.15) is 5.69 Å². The SMILES string of the molecule is Cc1nn(C)c(Nc2ccc3c(c2)OC(F)(F)O3)c1N. The van der Waals surface area contributed by atoms with Gasteiger partial charge in [0.2, 0.25) is 0 Å². The molecule has 20 heavy (non-hydrogen) atoms. The van der Waals surface area contributed by atoms with E-state index in [0.29, 0.717) is 22.9 Å². The lowest BCUT2D eigenvalue weighted by molar-refractivity contribution is -0.286. The lowest BCUT2D eigenvalue weighted by atomic mass is 10.2. The molecule has 0 unspecified atom stereocenters. The van der Waals surface area contributed by atoms with E-state index < -0.39 is 6.29 Å². The minimum Gasteiger partial charge on any atom is -0.395 e. The van der Waals surface area contributed by atoms with E-state index in [9.17, 15) is 8.78 Å². The number of ether oxygens (including phenoxy) is 2. The molecule has 1 aliphatic heterocycles. The van der Waals surface area contributed by atoms with Gasteiger partial charge in [0.25, 0.3) is 0 Å². The zero-order valence-electron chi connectivity index (χ0n) is 10.8. The van der Waals surface area contributed by atoms with E-state index in [1.807, 2.05) is 0 Å².